The number of ether oxygens (including phenoxy) is 1. The first-order chi connectivity index (χ1) is 12.1. The summed E-state index contributed by atoms with van der Waals surface area (Å²) in [5.74, 6) is 1.81. The molecule has 0 radical (unpaired) electrons. The molecule has 2 aromatic carbocycles. The highest BCUT2D eigenvalue weighted by Gasteiger charge is 2.06. The molecule has 3 rings (SSSR count). The predicted octanol–water partition coefficient (Wildman–Crippen LogP) is 5.12. The van der Waals surface area contributed by atoms with E-state index in [1.54, 1.807) is 30.2 Å². The zero-order valence-electron chi connectivity index (χ0n) is 14.2. The van der Waals surface area contributed by atoms with E-state index in [1.807, 2.05) is 49.4 Å². The number of aromatic nitrogens is 1. The molecule has 4 nitrogen and oxygen atoms in total. The number of benzene rings is 2. The molecule has 0 aliphatic rings. The Kier molecular flexibility index (Phi) is 5.94. The number of methoxy groups -OCH3 is 1. The molecule has 6 heteroatoms. The number of thiazole rings is 1. The van der Waals surface area contributed by atoms with Crippen molar-refractivity contribution in [3.8, 4) is 5.75 Å². The summed E-state index contributed by atoms with van der Waals surface area (Å²) in [5, 5.41) is 3.99. The van der Waals surface area contributed by atoms with Crippen LogP contribution in [0.5, 0.6) is 5.75 Å². The van der Waals surface area contributed by atoms with Crippen LogP contribution in [0.2, 0.25) is 0 Å². The largest absolute Gasteiger partial charge is 0.497 e. The van der Waals surface area contributed by atoms with Crippen molar-refractivity contribution in [1.82, 2.24) is 4.98 Å². The number of hydrogen-bond donors (Lipinski definition) is 1. The quantitative estimate of drug-likeness (QED) is 0.462. The summed E-state index contributed by atoms with van der Waals surface area (Å²) in [6.07, 6.45) is 1.35. The van der Waals surface area contributed by atoms with E-state index in [0.717, 1.165) is 38.8 Å². The van der Waals surface area contributed by atoms with E-state index < -0.39 is 0 Å². The lowest BCUT2D eigenvalue weighted by molar-refractivity contribution is -0.116. The van der Waals surface area contributed by atoms with Crippen LogP contribution in [0.4, 0.5) is 5.69 Å². The van der Waals surface area contributed by atoms with Crippen molar-refractivity contribution in [3.05, 3.63) is 47.5 Å². The molecule has 1 N–H and O–H groups in total. The Morgan fingerprint density at radius 1 is 1.24 bits per heavy atom. The zero-order chi connectivity index (χ0) is 17.6. The van der Waals surface area contributed by atoms with Crippen molar-refractivity contribution in [1.29, 1.82) is 0 Å². The minimum absolute atomic E-state index is 0.0432. The molecule has 1 heterocycles. The van der Waals surface area contributed by atoms with Crippen LogP contribution in [-0.4, -0.2) is 23.8 Å². The Labute approximate surface area is 155 Å². The second-order valence-corrected chi connectivity index (χ2v) is 7.99. The number of carbonyl (C=O) groups is 1. The van der Waals surface area contributed by atoms with E-state index in [9.17, 15) is 4.79 Å². The van der Waals surface area contributed by atoms with Gasteiger partial charge in [-0.15, -0.1) is 23.1 Å². The van der Waals surface area contributed by atoms with Crippen LogP contribution in [-0.2, 0) is 4.79 Å². The number of carbonyl (C=O) groups excluding carboxylic acids is 1. The Morgan fingerprint density at radius 2 is 2.04 bits per heavy atom. The molecule has 0 atom stereocenters. The van der Waals surface area contributed by atoms with Crippen LogP contribution in [0.3, 0.4) is 0 Å². The van der Waals surface area contributed by atoms with Crippen LogP contribution in [0.1, 0.15) is 17.8 Å². The molecule has 1 amide bonds. The summed E-state index contributed by atoms with van der Waals surface area (Å²) in [5.41, 5.74) is 1.75. The first-order valence-corrected chi connectivity index (χ1v) is 9.88. The summed E-state index contributed by atoms with van der Waals surface area (Å²) in [7, 11) is 1.66. The third kappa shape index (κ3) is 4.96. The Morgan fingerprint density at radius 3 is 2.80 bits per heavy atom. The lowest BCUT2D eigenvalue weighted by Crippen LogP contribution is -2.11. The molecule has 0 spiro atoms. The molecule has 3 aromatic rings. The summed E-state index contributed by atoms with van der Waals surface area (Å²) in [6.45, 7) is 1.99. The predicted molar refractivity (Wildman–Crippen MR) is 106 cm³/mol. The third-order valence-electron chi connectivity index (χ3n) is 3.65. The van der Waals surface area contributed by atoms with E-state index >= 15 is 0 Å². The van der Waals surface area contributed by atoms with Crippen molar-refractivity contribution in [3.63, 3.8) is 0 Å². The average molecular weight is 373 g/mol. The minimum Gasteiger partial charge on any atom is -0.497 e. The van der Waals surface area contributed by atoms with E-state index in [0.29, 0.717) is 6.42 Å². The number of fused-ring (bicyclic) bond motifs is 1. The molecule has 0 saturated carbocycles. The standard InChI is InChI=1S/C19H20N2O2S2/c1-13-20-17-12-14(5-10-18(17)25-13)21-19(22)4-3-11-24-16-8-6-15(23-2)7-9-16/h5-10,12H,3-4,11H2,1-2H3,(H,21,22). The van der Waals surface area contributed by atoms with Gasteiger partial charge in [0.1, 0.15) is 5.75 Å². The topological polar surface area (TPSA) is 51.2 Å². The van der Waals surface area contributed by atoms with E-state index in [4.69, 9.17) is 4.74 Å². The van der Waals surface area contributed by atoms with Gasteiger partial charge in [-0.3, -0.25) is 4.79 Å². The summed E-state index contributed by atoms with van der Waals surface area (Å²) in [6, 6.07) is 13.8. The maximum absolute atomic E-state index is 12.1. The molecular formula is C19H20N2O2S2. The number of nitrogens with zero attached hydrogens (tertiary/aromatic N) is 1. The van der Waals surface area contributed by atoms with Crippen LogP contribution in [0, 0.1) is 6.92 Å². The van der Waals surface area contributed by atoms with Gasteiger partial charge in [0.2, 0.25) is 5.91 Å². The highest BCUT2D eigenvalue weighted by molar-refractivity contribution is 7.99. The molecule has 0 fully saturated rings. The van der Waals surface area contributed by atoms with Crippen molar-refractivity contribution in [2.75, 3.05) is 18.2 Å². The van der Waals surface area contributed by atoms with Gasteiger partial charge in [-0.05, 0) is 61.6 Å². The van der Waals surface area contributed by atoms with Gasteiger partial charge in [0.05, 0.1) is 22.3 Å². The van der Waals surface area contributed by atoms with Gasteiger partial charge in [0, 0.05) is 17.0 Å². The van der Waals surface area contributed by atoms with E-state index in [2.05, 4.69) is 10.3 Å². The Balaban J connectivity index is 1.43. The molecule has 0 unspecified atom stereocenters. The highest BCUT2D eigenvalue weighted by atomic mass is 32.2. The first-order valence-electron chi connectivity index (χ1n) is 8.08. The van der Waals surface area contributed by atoms with Gasteiger partial charge < -0.3 is 10.1 Å². The fourth-order valence-corrected chi connectivity index (χ4v) is 4.10. The summed E-state index contributed by atoms with van der Waals surface area (Å²) in [4.78, 5) is 17.7. The minimum atomic E-state index is 0.0432. The van der Waals surface area contributed by atoms with Crippen molar-refractivity contribution in [2.24, 2.45) is 0 Å². The normalized spacial score (nSPS) is 10.8. The maximum atomic E-state index is 12.1. The van der Waals surface area contributed by atoms with Crippen LogP contribution in [0.15, 0.2) is 47.4 Å². The van der Waals surface area contributed by atoms with Crippen LogP contribution < -0.4 is 10.1 Å². The second-order valence-electron chi connectivity index (χ2n) is 5.59. The fourth-order valence-electron chi connectivity index (χ4n) is 2.44. The summed E-state index contributed by atoms with van der Waals surface area (Å²) >= 11 is 3.41. The van der Waals surface area contributed by atoms with Gasteiger partial charge in [0.15, 0.2) is 0 Å². The third-order valence-corrected chi connectivity index (χ3v) is 5.70. The number of rotatable bonds is 7. The number of anilines is 1. The van der Waals surface area contributed by atoms with E-state index in [-0.39, 0.29) is 5.91 Å². The second kappa shape index (κ2) is 8.36. The maximum Gasteiger partial charge on any atom is 0.224 e. The smallest absolute Gasteiger partial charge is 0.224 e. The Bertz CT molecular complexity index is 859. The van der Waals surface area contributed by atoms with Crippen LogP contribution >= 0.6 is 23.1 Å². The van der Waals surface area contributed by atoms with Gasteiger partial charge in [-0.2, -0.15) is 0 Å². The molecule has 1 aromatic heterocycles. The average Bonchev–Trinajstić information content (AvgIpc) is 2.98. The molecular weight excluding hydrogens is 352 g/mol. The van der Waals surface area contributed by atoms with Crippen molar-refractivity contribution >= 4 is 44.9 Å². The molecule has 25 heavy (non-hydrogen) atoms. The molecule has 0 aliphatic carbocycles. The highest BCUT2D eigenvalue weighted by Crippen LogP contribution is 2.25. The van der Waals surface area contributed by atoms with Gasteiger partial charge in [-0.25, -0.2) is 4.98 Å². The number of amides is 1. The number of hydrogen-bond acceptors (Lipinski definition) is 5. The Hall–Kier alpha value is -2.05. The molecule has 130 valence electrons. The van der Waals surface area contributed by atoms with Crippen molar-refractivity contribution < 1.29 is 9.53 Å². The number of aryl methyl sites for hydroxylation is 1. The monoisotopic (exact) mass is 372 g/mol. The van der Waals surface area contributed by atoms with Gasteiger partial charge in [-0.1, -0.05) is 0 Å². The SMILES string of the molecule is COc1ccc(SCCCC(=O)Nc2ccc3sc(C)nc3c2)cc1. The van der Waals surface area contributed by atoms with E-state index in [1.165, 1.54) is 4.90 Å². The number of nitrogens with one attached hydrogen (secondary N) is 1. The first kappa shape index (κ1) is 17.8. The molecule has 0 aliphatic heterocycles. The lowest BCUT2D eigenvalue weighted by Gasteiger charge is -2.06. The molecule has 0 saturated heterocycles. The lowest BCUT2D eigenvalue weighted by atomic mass is 10.2. The van der Waals surface area contributed by atoms with Gasteiger partial charge >= 0.3 is 0 Å². The summed E-state index contributed by atoms with van der Waals surface area (Å²) < 4.78 is 6.29. The number of thioether (sulfide) groups is 1. The molecule has 0 bridgehead atoms. The fraction of sp³-hybridized carbons (Fsp3) is 0.263. The van der Waals surface area contributed by atoms with Gasteiger partial charge in [0.25, 0.3) is 0 Å². The van der Waals surface area contributed by atoms with Crippen LogP contribution in [0.25, 0.3) is 10.2 Å². The van der Waals surface area contributed by atoms with Crippen molar-refractivity contribution in [2.45, 2.75) is 24.7 Å². The zero-order valence-corrected chi connectivity index (χ0v) is 15.9.